The molecule has 0 saturated heterocycles. The number of likely N-dealkylation sites (N-methyl/N-ethyl adjacent to an activating group) is 1. The molecule has 0 heterocycles. The van der Waals surface area contributed by atoms with Gasteiger partial charge < -0.3 is 15.3 Å². The minimum Gasteiger partial charge on any atom is -0.395 e. The van der Waals surface area contributed by atoms with Crippen LogP contribution in [-0.2, 0) is 0 Å². The van der Waals surface area contributed by atoms with Crippen LogP contribution in [0.4, 0.5) is 5.69 Å². The third-order valence-corrected chi connectivity index (χ3v) is 2.97. The molecule has 3 heteroatoms. The van der Waals surface area contributed by atoms with E-state index < -0.39 is 0 Å². The fraction of sp³-hybridized carbons (Fsp3) is 0.571. The molecule has 1 rings (SSSR count). The van der Waals surface area contributed by atoms with Gasteiger partial charge in [0.2, 0.25) is 0 Å². The SMILES string of the molecule is CCNC(CO)CCN(C)c1cccc(C)c1. The molecule has 0 amide bonds. The van der Waals surface area contributed by atoms with E-state index in [9.17, 15) is 5.11 Å². The van der Waals surface area contributed by atoms with Crippen molar-refractivity contribution in [2.75, 3.05) is 31.6 Å². The summed E-state index contributed by atoms with van der Waals surface area (Å²) in [6.07, 6.45) is 0.953. The summed E-state index contributed by atoms with van der Waals surface area (Å²) < 4.78 is 0. The van der Waals surface area contributed by atoms with Crippen molar-refractivity contribution in [2.24, 2.45) is 0 Å². The van der Waals surface area contributed by atoms with Crippen molar-refractivity contribution in [3.63, 3.8) is 0 Å². The van der Waals surface area contributed by atoms with E-state index >= 15 is 0 Å². The van der Waals surface area contributed by atoms with Crippen LogP contribution in [-0.4, -0.2) is 37.9 Å². The largest absolute Gasteiger partial charge is 0.395 e. The Morgan fingerprint density at radius 1 is 1.41 bits per heavy atom. The molecule has 1 unspecified atom stereocenters. The summed E-state index contributed by atoms with van der Waals surface area (Å²) in [4.78, 5) is 2.23. The van der Waals surface area contributed by atoms with E-state index in [0.29, 0.717) is 0 Å². The average Bonchev–Trinajstić information content (AvgIpc) is 2.34. The molecule has 1 aromatic rings. The molecule has 1 atom stereocenters. The van der Waals surface area contributed by atoms with Crippen molar-refractivity contribution in [3.05, 3.63) is 29.8 Å². The summed E-state index contributed by atoms with van der Waals surface area (Å²) in [5.41, 5.74) is 2.51. The Morgan fingerprint density at radius 3 is 2.76 bits per heavy atom. The van der Waals surface area contributed by atoms with Gasteiger partial charge in [-0.25, -0.2) is 0 Å². The van der Waals surface area contributed by atoms with Crippen LogP contribution in [0.5, 0.6) is 0 Å². The quantitative estimate of drug-likeness (QED) is 0.757. The van der Waals surface area contributed by atoms with Crippen molar-refractivity contribution in [2.45, 2.75) is 26.3 Å². The highest BCUT2D eigenvalue weighted by Gasteiger charge is 2.07. The Bertz CT molecular complexity index is 328. The van der Waals surface area contributed by atoms with Gasteiger partial charge in [-0.2, -0.15) is 0 Å². The standard InChI is InChI=1S/C14H24N2O/c1-4-15-13(11-17)8-9-16(3)14-7-5-6-12(2)10-14/h5-7,10,13,15,17H,4,8-9,11H2,1-3H3. The second-order valence-electron chi connectivity index (χ2n) is 4.49. The molecule has 0 aliphatic rings. The molecule has 0 saturated carbocycles. The fourth-order valence-electron chi connectivity index (χ4n) is 1.89. The number of aryl methyl sites for hydroxylation is 1. The van der Waals surface area contributed by atoms with Crippen LogP contribution in [0.15, 0.2) is 24.3 Å². The molecule has 0 fully saturated rings. The number of anilines is 1. The molecule has 1 aromatic carbocycles. The fourth-order valence-corrected chi connectivity index (χ4v) is 1.89. The smallest absolute Gasteiger partial charge is 0.0585 e. The lowest BCUT2D eigenvalue weighted by Gasteiger charge is -2.23. The lowest BCUT2D eigenvalue weighted by atomic mass is 10.2. The highest BCUT2D eigenvalue weighted by molar-refractivity contribution is 5.47. The predicted molar refractivity (Wildman–Crippen MR) is 73.6 cm³/mol. The molecule has 3 nitrogen and oxygen atoms in total. The van der Waals surface area contributed by atoms with E-state index in [-0.39, 0.29) is 12.6 Å². The highest BCUT2D eigenvalue weighted by Crippen LogP contribution is 2.14. The number of aliphatic hydroxyl groups excluding tert-OH is 1. The zero-order valence-corrected chi connectivity index (χ0v) is 11.1. The van der Waals surface area contributed by atoms with Crippen molar-refractivity contribution >= 4 is 5.69 Å². The van der Waals surface area contributed by atoms with Crippen LogP contribution in [0, 0.1) is 6.92 Å². The lowest BCUT2D eigenvalue weighted by molar-refractivity contribution is 0.238. The number of benzene rings is 1. The molecule has 2 N–H and O–H groups in total. The topological polar surface area (TPSA) is 35.5 Å². The molecular weight excluding hydrogens is 212 g/mol. The van der Waals surface area contributed by atoms with Gasteiger partial charge in [0.1, 0.15) is 0 Å². The van der Waals surface area contributed by atoms with Crippen molar-refractivity contribution in [1.82, 2.24) is 5.32 Å². The number of rotatable bonds is 7. The van der Waals surface area contributed by atoms with Crippen molar-refractivity contribution < 1.29 is 5.11 Å². The second kappa shape index (κ2) is 7.30. The number of hydrogen-bond acceptors (Lipinski definition) is 3. The summed E-state index contributed by atoms with van der Waals surface area (Å²) in [5, 5.41) is 12.5. The number of hydrogen-bond donors (Lipinski definition) is 2. The summed E-state index contributed by atoms with van der Waals surface area (Å²) in [6, 6.07) is 8.68. The maximum absolute atomic E-state index is 9.20. The molecule has 0 spiro atoms. The third kappa shape index (κ3) is 4.75. The zero-order valence-electron chi connectivity index (χ0n) is 11.1. The van der Waals surface area contributed by atoms with Crippen molar-refractivity contribution in [1.29, 1.82) is 0 Å². The van der Waals surface area contributed by atoms with E-state index in [1.54, 1.807) is 0 Å². The molecule has 96 valence electrons. The van der Waals surface area contributed by atoms with Gasteiger partial charge in [0, 0.05) is 25.3 Å². The van der Waals surface area contributed by atoms with Crippen LogP contribution in [0.1, 0.15) is 18.9 Å². The first-order valence-corrected chi connectivity index (χ1v) is 6.29. The Kier molecular flexibility index (Phi) is 6.01. The number of aliphatic hydroxyl groups is 1. The number of nitrogens with zero attached hydrogens (tertiary/aromatic N) is 1. The Morgan fingerprint density at radius 2 is 2.18 bits per heavy atom. The predicted octanol–water partition coefficient (Wildman–Crippen LogP) is 1.79. The van der Waals surface area contributed by atoms with Gasteiger partial charge in [0.05, 0.1) is 6.61 Å². The van der Waals surface area contributed by atoms with Crippen LogP contribution in [0.3, 0.4) is 0 Å². The maximum atomic E-state index is 9.20. The van der Waals surface area contributed by atoms with Crippen LogP contribution in [0.25, 0.3) is 0 Å². The summed E-state index contributed by atoms with van der Waals surface area (Å²) in [7, 11) is 2.09. The first kappa shape index (κ1) is 14.0. The summed E-state index contributed by atoms with van der Waals surface area (Å²) in [5.74, 6) is 0. The van der Waals surface area contributed by atoms with Crippen LogP contribution >= 0.6 is 0 Å². The Balaban J connectivity index is 2.46. The van der Waals surface area contributed by atoms with E-state index in [2.05, 4.69) is 55.4 Å². The van der Waals surface area contributed by atoms with E-state index in [1.165, 1.54) is 11.3 Å². The Hall–Kier alpha value is -1.06. The first-order chi connectivity index (χ1) is 8.17. The van der Waals surface area contributed by atoms with Crippen molar-refractivity contribution in [3.8, 4) is 0 Å². The molecule has 0 radical (unpaired) electrons. The van der Waals surface area contributed by atoms with Gasteiger partial charge in [-0.3, -0.25) is 0 Å². The van der Waals surface area contributed by atoms with E-state index in [4.69, 9.17) is 0 Å². The lowest BCUT2D eigenvalue weighted by Crippen LogP contribution is -2.35. The molecule has 17 heavy (non-hydrogen) atoms. The average molecular weight is 236 g/mol. The normalized spacial score (nSPS) is 12.5. The van der Waals surface area contributed by atoms with Gasteiger partial charge in [-0.05, 0) is 37.6 Å². The van der Waals surface area contributed by atoms with Crippen LogP contribution in [0.2, 0.25) is 0 Å². The maximum Gasteiger partial charge on any atom is 0.0585 e. The zero-order chi connectivity index (χ0) is 12.7. The summed E-state index contributed by atoms with van der Waals surface area (Å²) in [6.45, 7) is 6.22. The molecular formula is C14H24N2O. The van der Waals surface area contributed by atoms with Gasteiger partial charge >= 0.3 is 0 Å². The van der Waals surface area contributed by atoms with Gasteiger partial charge in [0.15, 0.2) is 0 Å². The monoisotopic (exact) mass is 236 g/mol. The minimum absolute atomic E-state index is 0.201. The van der Waals surface area contributed by atoms with Gasteiger partial charge in [0.25, 0.3) is 0 Å². The minimum atomic E-state index is 0.201. The van der Waals surface area contributed by atoms with Gasteiger partial charge in [-0.15, -0.1) is 0 Å². The first-order valence-electron chi connectivity index (χ1n) is 6.29. The highest BCUT2D eigenvalue weighted by atomic mass is 16.3. The van der Waals surface area contributed by atoms with E-state index in [0.717, 1.165) is 19.5 Å². The third-order valence-electron chi connectivity index (χ3n) is 2.97. The number of nitrogens with one attached hydrogen (secondary N) is 1. The van der Waals surface area contributed by atoms with Crippen LogP contribution < -0.4 is 10.2 Å². The molecule has 0 aromatic heterocycles. The van der Waals surface area contributed by atoms with E-state index in [1.807, 2.05) is 0 Å². The molecule has 0 aliphatic heterocycles. The molecule has 0 aliphatic carbocycles. The molecule has 0 bridgehead atoms. The van der Waals surface area contributed by atoms with Gasteiger partial charge in [-0.1, -0.05) is 19.1 Å². The Labute approximate surface area is 104 Å². The second-order valence-corrected chi connectivity index (χ2v) is 4.49. The summed E-state index contributed by atoms with van der Waals surface area (Å²) >= 11 is 0.